The van der Waals surface area contributed by atoms with E-state index in [1.165, 1.54) is 10.8 Å². The Kier molecular flexibility index (Phi) is 2.39. The highest BCUT2D eigenvalue weighted by molar-refractivity contribution is 14.1. The van der Waals surface area contributed by atoms with Gasteiger partial charge in [0.1, 0.15) is 10.3 Å². The lowest BCUT2D eigenvalue weighted by molar-refractivity contribution is 0.983. The summed E-state index contributed by atoms with van der Waals surface area (Å²) in [6.45, 7) is 0. The Hall–Kier alpha value is -0.690. The largest absolute Gasteiger partial charge is 0.327 e. The molecular formula is C11H7BrIN3. The average Bonchev–Trinajstić information content (AvgIpc) is 2.52. The van der Waals surface area contributed by atoms with E-state index in [1.807, 2.05) is 25.5 Å². The number of aryl methyl sites for hydroxylation is 1. The number of rotatable bonds is 0. The number of fused-ring (bicyclic) bond motifs is 3. The number of aromatic nitrogens is 3. The van der Waals surface area contributed by atoms with E-state index in [-0.39, 0.29) is 0 Å². The summed E-state index contributed by atoms with van der Waals surface area (Å²) in [5.41, 5.74) is 2.10. The molecule has 0 saturated heterocycles. The quantitative estimate of drug-likeness (QED) is 0.436. The van der Waals surface area contributed by atoms with Crippen molar-refractivity contribution < 1.29 is 0 Å². The van der Waals surface area contributed by atoms with Crippen molar-refractivity contribution in [3.63, 3.8) is 0 Å². The molecule has 80 valence electrons. The molecule has 3 aromatic heterocycles. The first kappa shape index (κ1) is 10.5. The Bertz CT molecular complexity index is 646. The summed E-state index contributed by atoms with van der Waals surface area (Å²) in [5, 5.41) is 2.36. The second kappa shape index (κ2) is 3.66. The molecule has 0 bridgehead atoms. The van der Waals surface area contributed by atoms with Crippen LogP contribution in [-0.2, 0) is 7.05 Å². The molecule has 3 aromatic rings. The van der Waals surface area contributed by atoms with Crippen molar-refractivity contribution in [2.75, 3.05) is 0 Å². The highest BCUT2D eigenvalue weighted by atomic mass is 127. The van der Waals surface area contributed by atoms with Gasteiger partial charge in [-0.05, 0) is 50.7 Å². The van der Waals surface area contributed by atoms with Crippen molar-refractivity contribution in [3.8, 4) is 0 Å². The minimum atomic E-state index is 0.853. The van der Waals surface area contributed by atoms with Crippen LogP contribution in [0, 0.1) is 3.57 Å². The first-order valence-electron chi connectivity index (χ1n) is 4.72. The van der Waals surface area contributed by atoms with Crippen LogP contribution in [0.3, 0.4) is 0 Å². The Morgan fingerprint density at radius 3 is 2.81 bits per heavy atom. The van der Waals surface area contributed by atoms with E-state index in [2.05, 4.69) is 59.1 Å². The van der Waals surface area contributed by atoms with E-state index in [9.17, 15) is 0 Å². The van der Waals surface area contributed by atoms with Gasteiger partial charge in [-0.15, -0.1) is 0 Å². The summed E-state index contributed by atoms with van der Waals surface area (Å²) in [7, 11) is 2.01. The number of hydrogen-bond acceptors (Lipinski definition) is 2. The van der Waals surface area contributed by atoms with Crippen molar-refractivity contribution >= 4 is 60.5 Å². The van der Waals surface area contributed by atoms with E-state index in [4.69, 9.17) is 0 Å². The normalized spacial score (nSPS) is 11.4. The van der Waals surface area contributed by atoms with Crippen molar-refractivity contribution in [2.24, 2.45) is 7.05 Å². The van der Waals surface area contributed by atoms with Gasteiger partial charge in [0.05, 0.1) is 11.7 Å². The van der Waals surface area contributed by atoms with Crippen molar-refractivity contribution in [2.45, 2.75) is 0 Å². The van der Waals surface area contributed by atoms with Crippen LogP contribution < -0.4 is 0 Å². The van der Waals surface area contributed by atoms with Crippen LogP contribution in [0.25, 0.3) is 21.9 Å². The lowest BCUT2D eigenvalue weighted by atomic mass is 10.2. The maximum absolute atomic E-state index is 4.46. The first-order chi connectivity index (χ1) is 7.66. The summed E-state index contributed by atoms with van der Waals surface area (Å²) in [5.74, 6) is 0. The van der Waals surface area contributed by atoms with Crippen LogP contribution in [0.4, 0.5) is 0 Å². The number of hydrogen-bond donors (Lipinski definition) is 0. The monoisotopic (exact) mass is 387 g/mol. The predicted octanol–water partition coefficient (Wildman–Crippen LogP) is 3.49. The lowest BCUT2D eigenvalue weighted by Crippen LogP contribution is -1.89. The Balaban J connectivity index is 2.60. The topological polar surface area (TPSA) is 30.7 Å². The van der Waals surface area contributed by atoms with Gasteiger partial charge in [0.25, 0.3) is 0 Å². The molecule has 0 spiro atoms. The van der Waals surface area contributed by atoms with Gasteiger partial charge < -0.3 is 4.57 Å². The minimum Gasteiger partial charge on any atom is -0.327 e. The van der Waals surface area contributed by atoms with E-state index >= 15 is 0 Å². The highest BCUT2D eigenvalue weighted by Gasteiger charge is 2.10. The van der Waals surface area contributed by atoms with E-state index < -0.39 is 0 Å². The van der Waals surface area contributed by atoms with Gasteiger partial charge in [-0.2, -0.15) is 0 Å². The molecule has 0 atom stereocenters. The molecule has 0 saturated carbocycles. The smallest absolute Gasteiger partial charge is 0.140 e. The highest BCUT2D eigenvalue weighted by Crippen LogP contribution is 2.28. The summed E-state index contributed by atoms with van der Waals surface area (Å²) in [6.07, 6.45) is 3.75. The van der Waals surface area contributed by atoms with Crippen LogP contribution >= 0.6 is 38.5 Å². The maximum Gasteiger partial charge on any atom is 0.140 e. The fourth-order valence-electron chi connectivity index (χ4n) is 1.92. The molecule has 0 radical (unpaired) electrons. The number of halogens is 2. The molecule has 3 nitrogen and oxygen atoms in total. The van der Waals surface area contributed by atoms with Gasteiger partial charge in [-0.1, -0.05) is 0 Å². The van der Waals surface area contributed by atoms with Gasteiger partial charge in [-0.3, -0.25) is 0 Å². The summed E-state index contributed by atoms with van der Waals surface area (Å²) in [6, 6.07) is 4.19. The van der Waals surface area contributed by atoms with Crippen LogP contribution in [0.1, 0.15) is 0 Å². The number of nitrogens with zero attached hydrogens (tertiary/aromatic N) is 3. The lowest BCUT2D eigenvalue weighted by Gasteiger charge is -1.95. The molecule has 0 fully saturated rings. The fraction of sp³-hybridized carbons (Fsp3) is 0.0909. The molecule has 3 heterocycles. The zero-order valence-electron chi connectivity index (χ0n) is 8.41. The first-order valence-corrected chi connectivity index (χ1v) is 6.59. The average molecular weight is 388 g/mol. The summed E-state index contributed by atoms with van der Waals surface area (Å²) in [4.78, 5) is 8.71. The van der Waals surface area contributed by atoms with Gasteiger partial charge in [-0.25, -0.2) is 9.97 Å². The third-order valence-electron chi connectivity index (χ3n) is 2.65. The third-order valence-corrected chi connectivity index (χ3v) is 3.68. The Labute approximate surface area is 114 Å². The van der Waals surface area contributed by atoms with Crippen LogP contribution in [0.15, 0.2) is 29.1 Å². The number of pyridine rings is 2. The van der Waals surface area contributed by atoms with Crippen molar-refractivity contribution in [1.29, 1.82) is 0 Å². The zero-order chi connectivity index (χ0) is 11.3. The zero-order valence-corrected chi connectivity index (χ0v) is 12.2. The molecular weight excluding hydrogens is 381 g/mol. The second-order valence-corrected chi connectivity index (χ2v) is 5.67. The van der Waals surface area contributed by atoms with Gasteiger partial charge >= 0.3 is 0 Å². The molecule has 0 unspecified atom stereocenters. The maximum atomic E-state index is 4.46. The molecule has 0 N–H and O–H groups in total. The Morgan fingerprint density at radius 2 is 2.00 bits per heavy atom. The van der Waals surface area contributed by atoms with Gasteiger partial charge in [0.2, 0.25) is 0 Å². The van der Waals surface area contributed by atoms with Crippen LogP contribution in [0.2, 0.25) is 0 Å². The van der Waals surface area contributed by atoms with Crippen molar-refractivity contribution in [1.82, 2.24) is 14.5 Å². The van der Waals surface area contributed by atoms with Gasteiger partial charge in [0, 0.05) is 27.6 Å². The van der Waals surface area contributed by atoms with Crippen molar-refractivity contribution in [3.05, 3.63) is 32.7 Å². The SMILES string of the molecule is Cn1c2cnc(Br)cc2c2cc(I)cnc21. The molecule has 0 aromatic carbocycles. The summed E-state index contributed by atoms with van der Waals surface area (Å²) >= 11 is 5.68. The van der Waals surface area contributed by atoms with Crippen LogP contribution in [-0.4, -0.2) is 14.5 Å². The fourth-order valence-corrected chi connectivity index (χ4v) is 2.70. The molecule has 0 aliphatic rings. The molecule has 16 heavy (non-hydrogen) atoms. The predicted molar refractivity (Wildman–Crippen MR) is 76.4 cm³/mol. The molecule has 0 aliphatic heterocycles. The molecule has 5 heteroatoms. The molecule has 3 rings (SSSR count). The second-order valence-electron chi connectivity index (χ2n) is 3.61. The molecule has 0 aliphatic carbocycles. The van der Waals surface area contributed by atoms with E-state index in [1.54, 1.807) is 0 Å². The van der Waals surface area contributed by atoms with E-state index in [0.717, 1.165) is 19.3 Å². The molecule has 0 amide bonds. The third kappa shape index (κ3) is 1.45. The van der Waals surface area contributed by atoms with Gasteiger partial charge in [0.15, 0.2) is 0 Å². The minimum absolute atomic E-state index is 0.853. The summed E-state index contributed by atoms with van der Waals surface area (Å²) < 4.78 is 4.07. The van der Waals surface area contributed by atoms with E-state index in [0.29, 0.717) is 0 Å². The standard InChI is InChI=1S/C11H7BrIN3/c1-16-9-5-14-10(12)3-7(9)8-2-6(13)4-15-11(8)16/h2-5H,1H3. The Morgan fingerprint density at radius 1 is 1.19 bits per heavy atom. The van der Waals surface area contributed by atoms with Crippen LogP contribution in [0.5, 0.6) is 0 Å².